The molecule has 2 fully saturated rings. The first-order valence-corrected chi connectivity index (χ1v) is 6.48. The van der Waals surface area contributed by atoms with Gasteiger partial charge in [-0.25, -0.2) is 4.98 Å². The van der Waals surface area contributed by atoms with Crippen LogP contribution >= 0.6 is 11.3 Å². The first kappa shape index (κ1) is 9.75. The van der Waals surface area contributed by atoms with Crippen LogP contribution in [-0.2, 0) is 5.54 Å². The second kappa shape index (κ2) is 3.27. The summed E-state index contributed by atoms with van der Waals surface area (Å²) in [6, 6.07) is 1.36. The number of fused-ring (bicyclic) bond motifs is 2. The fourth-order valence-corrected chi connectivity index (χ4v) is 3.92. The molecule has 3 rings (SSSR count). The lowest BCUT2D eigenvalue weighted by molar-refractivity contribution is 0.113. The first-order valence-electron chi connectivity index (χ1n) is 5.60. The molecule has 0 radical (unpaired) electrons. The largest absolute Gasteiger partial charge is 0.319 e. The maximum Gasteiger partial charge on any atom is 0.113 e. The van der Waals surface area contributed by atoms with E-state index in [1.165, 1.54) is 12.8 Å². The maximum absolute atomic E-state index is 6.53. The van der Waals surface area contributed by atoms with E-state index in [2.05, 4.69) is 16.9 Å². The highest BCUT2D eigenvalue weighted by Gasteiger charge is 2.46. The van der Waals surface area contributed by atoms with Crippen LogP contribution in [0.25, 0.3) is 0 Å². The molecular weight excluding hydrogens is 206 g/mol. The van der Waals surface area contributed by atoms with Crippen LogP contribution < -0.4 is 5.73 Å². The Labute approximate surface area is 94.3 Å². The lowest BCUT2D eigenvalue weighted by Crippen LogP contribution is -2.52. The molecular formula is C11H17N3S. The summed E-state index contributed by atoms with van der Waals surface area (Å²) in [4.78, 5) is 6.92. The normalized spacial score (nSPS) is 40.9. The molecule has 3 heterocycles. The van der Waals surface area contributed by atoms with Gasteiger partial charge in [0, 0.05) is 23.7 Å². The van der Waals surface area contributed by atoms with Crippen LogP contribution in [0, 0.1) is 0 Å². The molecule has 2 aliphatic heterocycles. The minimum atomic E-state index is -0.146. The lowest BCUT2D eigenvalue weighted by Gasteiger charge is -2.41. The maximum atomic E-state index is 6.53. The van der Waals surface area contributed by atoms with Gasteiger partial charge >= 0.3 is 0 Å². The third-order valence-electron chi connectivity index (χ3n) is 4.04. The molecule has 82 valence electrons. The van der Waals surface area contributed by atoms with Crippen molar-refractivity contribution >= 4 is 11.3 Å². The Morgan fingerprint density at radius 1 is 1.47 bits per heavy atom. The predicted octanol–water partition coefficient (Wildman–Crippen LogP) is 1.55. The number of piperidine rings is 1. The van der Waals surface area contributed by atoms with Crippen LogP contribution in [0.1, 0.15) is 30.7 Å². The van der Waals surface area contributed by atoms with E-state index in [-0.39, 0.29) is 5.54 Å². The highest BCUT2D eigenvalue weighted by molar-refractivity contribution is 7.09. The van der Waals surface area contributed by atoms with E-state index in [1.807, 2.05) is 11.6 Å². The molecule has 1 aromatic heterocycles. The summed E-state index contributed by atoms with van der Waals surface area (Å²) in [5, 5.41) is 3.16. The van der Waals surface area contributed by atoms with Gasteiger partial charge in [0.1, 0.15) is 5.01 Å². The van der Waals surface area contributed by atoms with Crippen molar-refractivity contribution in [2.24, 2.45) is 5.73 Å². The second-order valence-corrected chi connectivity index (χ2v) is 5.85. The molecule has 2 saturated heterocycles. The number of hydrogen-bond acceptors (Lipinski definition) is 4. The minimum absolute atomic E-state index is 0.146. The summed E-state index contributed by atoms with van der Waals surface area (Å²) >= 11 is 1.71. The molecule has 2 aliphatic rings. The molecule has 0 spiro atoms. The summed E-state index contributed by atoms with van der Waals surface area (Å²) in [7, 11) is 2.24. The quantitative estimate of drug-likeness (QED) is 0.785. The molecule has 15 heavy (non-hydrogen) atoms. The number of nitrogens with two attached hydrogens (primary N) is 1. The van der Waals surface area contributed by atoms with Crippen LogP contribution in [0.5, 0.6) is 0 Å². The van der Waals surface area contributed by atoms with Gasteiger partial charge in [0.05, 0.1) is 5.54 Å². The van der Waals surface area contributed by atoms with Crippen LogP contribution in [0.3, 0.4) is 0 Å². The van der Waals surface area contributed by atoms with Crippen LogP contribution in [0.2, 0.25) is 0 Å². The van der Waals surface area contributed by atoms with Crippen LogP contribution in [0.4, 0.5) is 0 Å². The number of hydrogen-bond donors (Lipinski definition) is 1. The van der Waals surface area contributed by atoms with Crippen molar-refractivity contribution < 1.29 is 0 Å². The Kier molecular flexibility index (Phi) is 2.13. The summed E-state index contributed by atoms with van der Waals surface area (Å²) in [6.07, 6.45) is 6.65. The van der Waals surface area contributed by atoms with Crippen molar-refractivity contribution in [2.45, 2.75) is 43.3 Å². The zero-order valence-corrected chi connectivity index (χ0v) is 9.83. The van der Waals surface area contributed by atoms with Gasteiger partial charge in [0.25, 0.3) is 0 Å². The van der Waals surface area contributed by atoms with E-state index in [0.29, 0.717) is 12.1 Å². The SMILES string of the molecule is CN1C2CCC1CC(N)(c1nccs1)C2. The summed E-state index contributed by atoms with van der Waals surface area (Å²) in [6.45, 7) is 0. The Bertz CT molecular complexity index is 335. The van der Waals surface area contributed by atoms with E-state index < -0.39 is 0 Å². The highest BCUT2D eigenvalue weighted by Crippen LogP contribution is 2.43. The Morgan fingerprint density at radius 2 is 2.13 bits per heavy atom. The monoisotopic (exact) mass is 223 g/mol. The Balaban J connectivity index is 1.90. The predicted molar refractivity (Wildman–Crippen MR) is 61.8 cm³/mol. The van der Waals surface area contributed by atoms with Gasteiger partial charge in [-0.1, -0.05) is 0 Å². The lowest BCUT2D eigenvalue weighted by atomic mass is 9.84. The third-order valence-corrected chi connectivity index (χ3v) is 5.04. The standard InChI is InChI=1S/C11H17N3S/c1-14-8-2-3-9(14)7-11(12,6-8)10-13-4-5-15-10/h4-5,8-9H,2-3,6-7,12H2,1H3. The first-order chi connectivity index (χ1) is 7.19. The number of aromatic nitrogens is 1. The van der Waals surface area contributed by atoms with Crippen molar-refractivity contribution in [3.05, 3.63) is 16.6 Å². The Morgan fingerprint density at radius 3 is 2.67 bits per heavy atom. The van der Waals surface area contributed by atoms with Crippen molar-refractivity contribution in [1.29, 1.82) is 0 Å². The van der Waals surface area contributed by atoms with Gasteiger partial charge in [0.15, 0.2) is 0 Å². The van der Waals surface area contributed by atoms with E-state index >= 15 is 0 Å². The van der Waals surface area contributed by atoms with Gasteiger partial charge in [-0.15, -0.1) is 11.3 Å². The summed E-state index contributed by atoms with van der Waals surface area (Å²) < 4.78 is 0. The van der Waals surface area contributed by atoms with Gasteiger partial charge in [-0.2, -0.15) is 0 Å². The zero-order chi connectivity index (χ0) is 10.5. The fraction of sp³-hybridized carbons (Fsp3) is 0.727. The molecule has 2 unspecified atom stereocenters. The average Bonchev–Trinajstić information content (AvgIpc) is 2.79. The molecule has 2 atom stereocenters. The van der Waals surface area contributed by atoms with Crippen molar-refractivity contribution in [3.8, 4) is 0 Å². The summed E-state index contributed by atoms with van der Waals surface area (Å²) in [5.41, 5.74) is 6.38. The molecule has 0 aliphatic carbocycles. The highest BCUT2D eigenvalue weighted by atomic mass is 32.1. The van der Waals surface area contributed by atoms with Gasteiger partial charge in [-0.3, -0.25) is 0 Å². The molecule has 3 nitrogen and oxygen atoms in total. The number of rotatable bonds is 1. The third kappa shape index (κ3) is 1.43. The molecule has 2 N–H and O–H groups in total. The Hall–Kier alpha value is -0.450. The van der Waals surface area contributed by atoms with Gasteiger partial charge in [-0.05, 0) is 32.7 Å². The van der Waals surface area contributed by atoms with Crippen molar-refractivity contribution in [3.63, 3.8) is 0 Å². The van der Waals surface area contributed by atoms with Crippen molar-refractivity contribution in [2.75, 3.05) is 7.05 Å². The molecule has 4 heteroatoms. The van der Waals surface area contributed by atoms with Gasteiger partial charge < -0.3 is 10.6 Å². The molecule has 0 amide bonds. The second-order valence-electron chi connectivity index (χ2n) is 4.95. The van der Waals surface area contributed by atoms with E-state index in [1.54, 1.807) is 11.3 Å². The van der Waals surface area contributed by atoms with E-state index in [9.17, 15) is 0 Å². The smallest absolute Gasteiger partial charge is 0.113 e. The molecule has 0 saturated carbocycles. The number of nitrogens with zero attached hydrogens (tertiary/aromatic N) is 2. The van der Waals surface area contributed by atoms with Crippen LogP contribution in [-0.4, -0.2) is 29.0 Å². The van der Waals surface area contributed by atoms with Crippen molar-refractivity contribution in [1.82, 2.24) is 9.88 Å². The molecule has 0 aromatic carbocycles. The topological polar surface area (TPSA) is 42.1 Å². The summed E-state index contributed by atoms with van der Waals surface area (Å²) in [5.74, 6) is 0. The zero-order valence-electron chi connectivity index (χ0n) is 9.02. The average molecular weight is 223 g/mol. The number of thiazole rings is 1. The van der Waals surface area contributed by atoms with E-state index in [4.69, 9.17) is 5.73 Å². The minimum Gasteiger partial charge on any atom is -0.319 e. The van der Waals surface area contributed by atoms with Crippen LogP contribution in [0.15, 0.2) is 11.6 Å². The van der Waals surface area contributed by atoms with Gasteiger partial charge in [0.2, 0.25) is 0 Å². The fourth-order valence-electron chi connectivity index (χ4n) is 3.15. The molecule has 1 aromatic rings. The molecule has 2 bridgehead atoms. The van der Waals surface area contributed by atoms with E-state index in [0.717, 1.165) is 17.8 Å².